The number of anilines is 1. The summed E-state index contributed by atoms with van der Waals surface area (Å²) < 4.78 is 48.8. The number of pyridine rings is 1. The molecule has 160 valence electrons. The van der Waals surface area contributed by atoms with Crippen LogP contribution in [0.15, 0.2) is 36.5 Å². The van der Waals surface area contributed by atoms with Crippen LogP contribution >= 0.6 is 0 Å². The van der Waals surface area contributed by atoms with Crippen LogP contribution in [0.4, 0.5) is 19.0 Å². The van der Waals surface area contributed by atoms with Crippen molar-refractivity contribution in [2.24, 2.45) is 0 Å². The van der Waals surface area contributed by atoms with Gasteiger partial charge in [-0.25, -0.2) is 4.98 Å². The van der Waals surface area contributed by atoms with Gasteiger partial charge in [-0.15, -0.1) is 0 Å². The first-order valence-corrected chi connectivity index (χ1v) is 9.84. The number of carbonyl (C=O) groups excluding carboxylic acids is 1. The number of halogens is 3. The van der Waals surface area contributed by atoms with Crippen LogP contribution in [-0.4, -0.2) is 36.8 Å². The van der Waals surface area contributed by atoms with Gasteiger partial charge in [0.15, 0.2) is 11.5 Å². The summed E-state index contributed by atoms with van der Waals surface area (Å²) in [5, 5.41) is 3.03. The zero-order valence-corrected chi connectivity index (χ0v) is 16.2. The summed E-state index contributed by atoms with van der Waals surface area (Å²) in [6.07, 6.45) is -0.971. The molecule has 1 aromatic carbocycles. The molecule has 1 N–H and O–H groups in total. The molecule has 1 fully saturated rings. The first-order chi connectivity index (χ1) is 14.4. The number of fused-ring (bicyclic) bond motifs is 1. The number of rotatable bonds is 5. The molecule has 0 saturated carbocycles. The second-order valence-corrected chi connectivity index (χ2v) is 7.44. The van der Waals surface area contributed by atoms with Crippen LogP contribution in [-0.2, 0) is 17.4 Å². The molecule has 1 amide bonds. The van der Waals surface area contributed by atoms with Gasteiger partial charge in [-0.1, -0.05) is 6.07 Å². The maximum atomic E-state index is 12.7. The van der Waals surface area contributed by atoms with Crippen LogP contribution in [0, 0.1) is 0 Å². The minimum absolute atomic E-state index is 0.0557. The Kier molecular flexibility index (Phi) is 5.69. The standard InChI is InChI=1S/C21H22F3N3O3/c22-21(23,24)15-5-7-19(25-11-15)27-9-1-2-16(12-27)26-20(28)8-4-14-3-6-17-18(10-14)30-13-29-17/h3,5-7,10-11,16H,1-2,4,8-9,12-13H2,(H,26,28)/t16-/m0/s1. The van der Waals surface area contributed by atoms with Crippen LogP contribution in [0.3, 0.4) is 0 Å². The van der Waals surface area contributed by atoms with Crippen LogP contribution in [0.25, 0.3) is 0 Å². The van der Waals surface area contributed by atoms with Gasteiger partial charge in [0.25, 0.3) is 0 Å². The molecular weight excluding hydrogens is 399 g/mol. The Balaban J connectivity index is 1.28. The van der Waals surface area contributed by atoms with Gasteiger partial charge in [-0.3, -0.25) is 4.79 Å². The van der Waals surface area contributed by atoms with E-state index in [1.54, 1.807) is 0 Å². The Hall–Kier alpha value is -2.97. The van der Waals surface area contributed by atoms with Crippen LogP contribution in [0.5, 0.6) is 11.5 Å². The Morgan fingerprint density at radius 2 is 2.03 bits per heavy atom. The van der Waals surface area contributed by atoms with E-state index in [0.717, 1.165) is 30.7 Å². The van der Waals surface area contributed by atoms with Crippen molar-refractivity contribution in [3.63, 3.8) is 0 Å². The van der Waals surface area contributed by atoms with E-state index >= 15 is 0 Å². The molecule has 30 heavy (non-hydrogen) atoms. The Bertz CT molecular complexity index is 903. The Morgan fingerprint density at radius 3 is 2.80 bits per heavy atom. The zero-order chi connectivity index (χ0) is 21.1. The first kappa shape index (κ1) is 20.3. The molecule has 1 atom stereocenters. The van der Waals surface area contributed by atoms with Crippen molar-refractivity contribution in [2.75, 3.05) is 24.8 Å². The van der Waals surface area contributed by atoms with Gasteiger partial charge in [-0.05, 0) is 49.1 Å². The fourth-order valence-electron chi connectivity index (χ4n) is 3.70. The van der Waals surface area contributed by atoms with Gasteiger partial charge >= 0.3 is 6.18 Å². The fourth-order valence-corrected chi connectivity index (χ4v) is 3.70. The van der Waals surface area contributed by atoms with Gasteiger partial charge in [-0.2, -0.15) is 13.2 Å². The fraction of sp³-hybridized carbons (Fsp3) is 0.429. The van der Waals surface area contributed by atoms with E-state index < -0.39 is 11.7 Å². The van der Waals surface area contributed by atoms with E-state index in [4.69, 9.17) is 9.47 Å². The number of amides is 1. The molecule has 3 heterocycles. The molecule has 1 saturated heterocycles. The number of aromatic nitrogens is 1. The van der Waals surface area contributed by atoms with E-state index in [9.17, 15) is 18.0 Å². The highest BCUT2D eigenvalue weighted by molar-refractivity contribution is 5.76. The van der Waals surface area contributed by atoms with Gasteiger partial charge < -0.3 is 19.7 Å². The Morgan fingerprint density at radius 1 is 1.20 bits per heavy atom. The summed E-state index contributed by atoms with van der Waals surface area (Å²) in [5.74, 6) is 1.84. The molecule has 1 aromatic heterocycles. The van der Waals surface area contributed by atoms with Crippen LogP contribution in [0.2, 0.25) is 0 Å². The molecular formula is C21H22F3N3O3. The predicted octanol–water partition coefficient (Wildman–Crippen LogP) is 3.55. The van der Waals surface area contributed by atoms with Gasteiger partial charge in [0, 0.05) is 31.7 Å². The predicted molar refractivity (Wildman–Crippen MR) is 104 cm³/mol. The molecule has 2 aliphatic rings. The number of carbonyl (C=O) groups is 1. The van der Waals surface area contributed by atoms with Crippen molar-refractivity contribution in [1.29, 1.82) is 0 Å². The number of hydrogen-bond donors (Lipinski definition) is 1. The number of benzene rings is 1. The lowest BCUT2D eigenvalue weighted by atomic mass is 10.0. The average molecular weight is 421 g/mol. The molecule has 0 bridgehead atoms. The summed E-state index contributed by atoms with van der Waals surface area (Å²) in [6.45, 7) is 1.43. The van der Waals surface area contributed by atoms with Crippen molar-refractivity contribution < 1.29 is 27.4 Å². The lowest BCUT2D eigenvalue weighted by molar-refractivity contribution is -0.137. The number of aryl methyl sites for hydroxylation is 1. The molecule has 0 aliphatic carbocycles. The summed E-state index contributed by atoms with van der Waals surface area (Å²) in [5.41, 5.74) is 0.227. The minimum atomic E-state index is -4.40. The summed E-state index contributed by atoms with van der Waals surface area (Å²) in [4.78, 5) is 18.3. The maximum absolute atomic E-state index is 12.7. The number of hydrogen-bond acceptors (Lipinski definition) is 5. The van der Waals surface area contributed by atoms with E-state index in [1.165, 1.54) is 6.07 Å². The quantitative estimate of drug-likeness (QED) is 0.800. The highest BCUT2D eigenvalue weighted by Gasteiger charge is 2.31. The number of ether oxygens (including phenoxy) is 2. The maximum Gasteiger partial charge on any atom is 0.417 e. The van der Waals surface area contributed by atoms with E-state index in [-0.39, 0.29) is 18.7 Å². The zero-order valence-electron chi connectivity index (χ0n) is 16.2. The topological polar surface area (TPSA) is 63.7 Å². The van der Waals surface area contributed by atoms with Crippen molar-refractivity contribution in [2.45, 2.75) is 37.9 Å². The second-order valence-electron chi connectivity index (χ2n) is 7.44. The third-order valence-electron chi connectivity index (χ3n) is 5.26. The molecule has 6 nitrogen and oxygen atoms in total. The number of alkyl halides is 3. The number of piperidine rings is 1. The van der Waals surface area contributed by atoms with Crippen molar-refractivity contribution in [3.8, 4) is 11.5 Å². The molecule has 2 aliphatic heterocycles. The monoisotopic (exact) mass is 421 g/mol. The smallest absolute Gasteiger partial charge is 0.417 e. The van der Waals surface area contributed by atoms with Crippen molar-refractivity contribution in [1.82, 2.24) is 10.3 Å². The van der Waals surface area contributed by atoms with Crippen LogP contribution < -0.4 is 19.7 Å². The molecule has 0 radical (unpaired) electrons. The highest BCUT2D eigenvalue weighted by Crippen LogP contribution is 2.33. The lowest BCUT2D eigenvalue weighted by Crippen LogP contribution is -2.48. The summed E-state index contributed by atoms with van der Waals surface area (Å²) in [7, 11) is 0. The molecule has 0 spiro atoms. The summed E-state index contributed by atoms with van der Waals surface area (Å²) in [6, 6.07) is 7.99. The molecule has 4 rings (SSSR count). The van der Waals surface area contributed by atoms with Gasteiger partial charge in [0.1, 0.15) is 5.82 Å². The minimum Gasteiger partial charge on any atom is -0.454 e. The largest absolute Gasteiger partial charge is 0.454 e. The van der Waals surface area contributed by atoms with E-state index in [0.29, 0.717) is 43.2 Å². The molecule has 2 aromatic rings. The van der Waals surface area contributed by atoms with E-state index in [1.807, 2.05) is 23.1 Å². The number of nitrogens with zero attached hydrogens (tertiary/aromatic N) is 2. The van der Waals surface area contributed by atoms with Crippen molar-refractivity contribution in [3.05, 3.63) is 47.7 Å². The Labute approximate surface area is 172 Å². The lowest BCUT2D eigenvalue weighted by Gasteiger charge is -2.34. The van der Waals surface area contributed by atoms with Gasteiger partial charge in [0.2, 0.25) is 12.7 Å². The normalized spacial score (nSPS) is 18.4. The SMILES string of the molecule is O=C(CCc1ccc2c(c1)OCO2)N[C@H]1CCCN(c2ccc(C(F)(F)F)cn2)C1. The summed E-state index contributed by atoms with van der Waals surface area (Å²) >= 11 is 0. The van der Waals surface area contributed by atoms with Crippen LogP contribution in [0.1, 0.15) is 30.4 Å². The second kappa shape index (κ2) is 8.41. The van der Waals surface area contributed by atoms with Crippen molar-refractivity contribution >= 4 is 11.7 Å². The van der Waals surface area contributed by atoms with Gasteiger partial charge in [0.05, 0.1) is 5.56 Å². The average Bonchev–Trinajstić information content (AvgIpc) is 3.20. The first-order valence-electron chi connectivity index (χ1n) is 9.84. The molecule has 0 unspecified atom stereocenters. The highest BCUT2D eigenvalue weighted by atomic mass is 19.4. The van der Waals surface area contributed by atoms with E-state index in [2.05, 4.69) is 10.3 Å². The third-order valence-corrected chi connectivity index (χ3v) is 5.26. The number of nitrogens with one attached hydrogen (secondary N) is 1. The third kappa shape index (κ3) is 4.77. The molecule has 9 heteroatoms.